The van der Waals surface area contributed by atoms with Gasteiger partial charge in [0.25, 0.3) is 0 Å². The van der Waals surface area contributed by atoms with Gasteiger partial charge < -0.3 is 9.47 Å². The smallest absolute Gasteiger partial charge is 0.356 e. The van der Waals surface area contributed by atoms with E-state index in [1.54, 1.807) is 6.07 Å². The lowest BCUT2D eigenvalue weighted by atomic mass is 10.1. The van der Waals surface area contributed by atoms with Crippen molar-refractivity contribution in [1.29, 1.82) is 0 Å². The number of methoxy groups -OCH3 is 2. The van der Waals surface area contributed by atoms with Crippen LogP contribution < -0.4 is 4.74 Å². The second kappa shape index (κ2) is 3.92. The second-order valence-electron chi connectivity index (χ2n) is 3.54. The quantitative estimate of drug-likeness (QED) is 0.682. The number of ether oxygens (including phenoxy) is 2. The van der Waals surface area contributed by atoms with Gasteiger partial charge >= 0.3 is 5.97 Å². The molecule has 0 spiro atoms. The Labute approximate surface area is 92.4 Å². The zero-order valence-corrected chi connectivity index (χ0v) is 9.07. The summed E-state index contributed by atoms with van der Waals surface area (Å²) in [5, 5.41) is 0. The summed E-state index contributed by atoms with van der Waals surface area (Å²) in [6, 6.07) is 1.59. The number of pyridine rings is 1. The monoisotopic (exact) mass is 221 g/mol. The normalized spacial score (nSPS) is 13.5. The maximum absolute atomic E-state index is 11.3. The molecule has 0 atom stereocenters. The Bertz CT molecular complexity index is 467. The maximum atomic E-state index is 11.3. The summed E-state index contributed by atoms with van der Waals surface area (Å²) < 4.78 is 9.65. The van der Waals surface area contributed by atoms with Crippen LogP contribution in [0, 0.1) is 0 Å². The van der Waals surface area contributed by atoms with Crippen LogP contribution in [-0.4, -0.2) is 31.0 Å². The molecule has 1 heterocycles. The van der Waals surface area contributed by atoms with Gasteiger partial charge in [-0.2, -0.15) is 0 Å². The molecule has 0 unspecified atom stereocenters. The fraction of sp³-hybridized carbons (Fsp3) is 0.364. The van der Waals surface area contributed by atoms with Gasteiger partial charge in [-0.05, 0) is 11.6 Å². The number of rotatable bonds is 2. The first-order valence-electron chi connectivity index (χ1n) is 4.82. The molecule has 1 aromatic heterocycles. The molecule has 1 aromatic rings. The molecular weight excluding hydrogens is 210 g/mol. The number of esters is 1. The van der Waals surface area contributed by atoms with Crippen LogP contribution in [0.3, 0.4) is 0 Å². The Morgan fingerprint density at radius 2 is 2.12 bits per heavy atom. The summed E-state index contributed by atoms with van der Waals surface area (Å²) in [6.45, 7) is 0. The van der Waals surface area contributed by atoms with E-state index in [0.717, 1.165) is 11.1 Å². The molecule has 1 aliphatic carbocycles. The van der Waals surface area contributed by atoms with Gasteiger partial charge in [0, 0.05) is 18.4 Å². The topological polar surface area (TPSA) is 65.5 Å². The first-order valence-corrected chi connectivity index (χ1v) is 4.82. The molecule has 0 saturated carbocycles. The van der Waals surface area contributed by atoms with Crippen molar-refractivity contribution in [3.05, 3.63) is 22.9 Å². The fourth-order valence-electron chi connectivity index (χ4n) is 1.80. The minimum absolute atomic E-state index is 0.108. The third-order valence-corrected chi connectivity index (χ3v) is 2.53. The van der Waals surface area contributed by atoms with Gasteiger partial charge in [-0.3, -0.25) is 4.79 Å². The van der Waals surface area contributed by atoms with Gasteiger partial charge in [-0.1, -0.05) is 0 Å². The third-order valence-electron chi connectivity index (χ3n) is 2.53. The number of aromatic nitrogens is 1. The minimum atomic E-state index is -0.527. The number of Topliss-reactive ketones (excluding diaryl/α,β-unsaturated/α-hetero) is 1. The molecule has 84 valence electrons. The van der Waals surface area contributed by atoms with Crippen LogP contribution in [0.5, 0.6) is 5.88 Å². The van der Waals surface area contributed by atoms with Crippen LogP contribution in [0.4, 0.5) is 0 Å². The summed E-state index contributed by atoms with van der Waals surface area (Å²) in [6.07, 6.45) is 0.658. The van der Waals surface area contributed by atoms with E-state index in [4.69, 9.17) is 4.74 Å². The fourth-order valence-corrected chi connectivity index (χ4v) is 1.80. The zero-order valence-electron chi connectivity index (χ0n) is 9.07. The van der Waals surface area contributed by atoms with Crippen LogP contribution in [0.25, 0.3) is 0 Å². The highest BCUT2D eigenvalue weighted by Crippen LogP contribution is 2.28. The summed E-state index contributed by atoms with van der Waals surface area (Å²) in [7, 11) is 2.75. The lowest BCUT2D eigenvalue weighted by Crippen LogP contribution is -2.07. The molecule has 0 amide bonds. The molecule has 5 nitrogen and oxygen atoms in total. The van der Waals surface area contributed by atoms with Crippen molar-refractivity contribution >= 4 is 11.8 Å². The van der Waals surface area contributed by atoms with Gasteiger partial charge in [0.05, 0.1) is 14.2 Å². The van der Waals surface area contributed by atoms with E-state index < -0.39 is 5.97 Å². The lowest BCUT2D eigenvalue weighted by molar-refractivity contribution is -0.117. The molecule has 16 heavy (non-hydrogen) atoms. The zero-order chi connectivity index (χ0) is 11.7. The van der Waals surface area contributed by atoms with Crippen LogP contribution in [0.1, 0.15) is 21.6 Å². The van der Waals surface area contributed by atoms with Crippen LogP contribution in [0.15, 0.2) is 6.07 Å². The van der Waals surface area contributed by atoms with E-state index >= 15 is 0 Å². The Morgan fingerprint density at radius 1 is 1.38 bits per heavy atom. The Balaban J connectivity index is 2.51. The van der Waals surface area contributed by atoms with Gasteiger partial charge in [0.15, 0.2) is 5.69 Å². The summed E-state index contributed by atoms with van der Waals surface area (Å²) in [5.74, 6) is -0.0821. The third kappa shape index (κ3) is 1.64. The number of fused-ring (bicyclic) bond motifs is 1. The lowest BCUT2D eigenvalue weighted by Gasteiger charge is -2.07. The van der Waals surface area contributed by atoms with Crippen molar-refractivity contribution in [2.75, 3.05) is 14.2 Å². The SMILES string of the molecule is COC(=O)c1cc2c(c(OC)n1)CC(=O)C2. The minimum Gasteiger partial charge on any atom is -0.481 e. The summed E-state index contributed by atoms with van der Waals surface area (Å²) in [4.78, 5) is 26.7. The van der Waals surface area contributed by atoms with Crippen molar-refractivity contribution < 1.29 is 19.1 Å². The molecule has 0 N–H and O–H groups in total. The summed E-state index contributed by atoms with van der Waals surface area (Å²) >= 11 is 0. The van der Waals surface area contributed by atoms with E-state index in [2.05, 4.69) is 9.72 Å². The van der Waals surface area contributed by atoms with Gasteiger partial charge in [0.2, 0.25) is 5.88 Å². The molecule has 0 radical (unpaired) electrons. The molecule has 5 heteroatoms. The maximum Gasteiger partial charge on any atom is 0.356 e. The van der Waals surface area contributed by atoms with Crippen molar-refractivity contribution in [1.82, 2.24) is 4.98 Å². The highest BCUT2D eigenvalue weighted by atomic mass is 16.5. The second-order valence-corrected chi connectivity index (χ2v) is 3.54. The van der Waals surface area contributed by atoms with Crippen molar-refractivity contribution in [3.8, 4) is 5.88 Å². The Morgan fingerprint density at radius 3 is 2.75 bits per heavy atom. The number of hydrogen-bond acceptors (Lipinski definition) is 5. The van der Waals surface area contributed by atoms with Gasteiger partial charge in [-0.25, -0.2) is 9.78 Å². The van der Waals surface area contributed by atoms with E-state index in [-0.39, 0.29) is 11.5 Å². The first kappa shape index (κ1) is 10.6. The van der Waals surface area contributed by atoms with Crippen molar-refractivity contribution in [2.24, 2.45) is 0 Å². The van der Waals surface area contributed by atoms with E-state index in [1.165, 1.54) is 14.2 Å². The molecular formula is C11H11NO4. The standard InChI is InChI=1S/C11H11NO4/c1-15-10-8-5-7(13)3-6(8)4-9(12-10)11(14)16-2/h4H,3,5H2,1-2H3. The predicted octanol–water partition coefficient (Wildman–Crippen LogP) is 0.545. The van der Waals surface area contributed by atoms with Crippen molar-refractivity contribution in [3.63, 3.8) is 0 Å². The average Bonchev–Trinajstić information content (AvgIpc) is 2.66. The van der Waals surface area contributed by atoms with Crippen LogP contribution in [0.2, 0.25) is 0 Å². The number of carbonyl (C=O) groups is 2. The molecule has 2 rings (SSSR count). The molecule has 0 fully saturated rings. The predicted molar refractivity (Wildman–Crippen MR) is 54.5 cm³/mol. The molecule has 0 bridgehead atoms. The molecule has 0 saturated heterocycles. The molecule has 1 aliphatic rings. The van der Waals surface area contributed by atoms with E-state index in [0.29, 0.717) is 18.7 Å². The van der Waals surface area contributed by atoms with Crippen LogP contribution >= 0.6 is 0 Å². The molecule has 0 aromatic carbocycles. The average molecular weight is 221 g/mol. The number of hydrogen-bond donors (Lipinski definition) is 0. The highest BCUT2D eigenvalue weighted by molar-refractivity contribution is 5.92. The van der Waals surface area contributed by atoms with E-state index in [1.807, 2.05) is 0 Å². The van der Waals surface area contributed by atoms with Gasteiger partial charge in [0.1, 0.15) is 5.78 Å². The van der Waals surface area contributed by atoms with E-state index in [9.17, 15) is 9.59 Å². The Kier molecular flexibility index (Phi) is 2.60. The largest absolute Gasteiger partial charge is 0.481 e. The highest BCUT2D eigenvalue weighted by Gasteiger charge is 2.25. The van der Waals surface area contributed by atoms with Crippen molar-refractivity contribution in [2.45, 2.75) is 12.8 Å². The number of carbonyl (C=O) groups excluding carboxylic acids is 2. The first-order chi connectivity index (χ1) is 7.65. The summed E-state index contributed by atoms with van der Waals surface area (Å²) in [5.41, 5.74) is 1.75. The molecule has 0 aliphatic heterocycles. The van der Waals surface area contributed by atoms with Crippen LogP contribution in [-0.2, 0) is 22.4 Å². The van der Waals surface area contributed by atoms with Gasteiger partial charge in [-0.15, -0.1) is 0 Å². The number of ketones is 1. The number of nitrogens with zero attached hydrogens (tertiary/aromatic N) is 1. The Hall–Kier alpha value is -1.91.